The van der Waals surface area contributed by atoms with Crippen LogP contribution in [0.2, 0.25) is 0 Å². The summed E-state index contributed by atoms with van der Waals surface area (Å²) in [5, 5.41) is 2.88. The van der Waals surface area contributed by atoms with Crippen LogP contribution < -0.4 is 9.62 Å². The maximum Gasteiger partial charge on any atom is 0.264 e. The lowest BCUT2D eigenvalue weighted by Gasteiger charge is -2.34. The van der Waals surface area contributed by atoms with Crippen molar-refractivity contribution in [3.63, 3.8) is 0 Å². The number of nitrogens with one attached hydrogen (secondary N) is 1. The zero-order chi connectivity index (χ0) is 30.1. The Labute approximate surface area is 256 Å². The maximum atomic E-state index is 14.4. The van der Waals surface area contributed by atoms with Gasteiger partial charge in [0.15, 0.2) is 0 Å². The summed E-state index contributed by atoms with van der Waals surface area (Å²) in [6.07, 6.45) is 0.272. The van der Waals surface area contributed by atoms with Crippen LogP contribution in [0.4, 0.5) is 5.69 Å². The lowest BCUT2D eigenvalue weighted by atomic mass is 10.0. The van der Waals surface area contributed by atoms with Crippen LogP contribution in [0.15, 0.2) is 119 Å². The number of halogens is 1. The van der Waals surface area contributed by atoms with Gasteiger partial charge in [-0.1, -0.05) is 88.7 Å². The van der Waals surface area contributed by atoms with Gasteiger partial charge in [0.05, 0.1) is 10.6 Å². The second-order valence-corrected chi connectivity index (χ2v) is 12.6. The number of carbonyl (C=O) groups excluding carboxylic acids is 2. The lowest BCUT2D eigenvalue weighted by molar-refractivity contribution is -0.140. The standard InChI is InChI=1S/C33H34BrN3O4S/c1-3-35-33(39)31(22-26-13-6-4-7-14-26)36(23-27-15-11-10-12-25(27)2)32(38)24-37(29-20-18-28(34)19-21-29)42(40,41)30-16-8-5-9-17-30/h4-21,31H,3,22-24H2,1-2H3,(H,35,39). The number of hydrogen-bond acceptors (Lipinski definition) is 4. The van der Waals surface area contributed by atoms with E-state index in [0.717, 1.165) is 25.5 Å². The Morgan fingerprint density at radius 3 is 2.05 bits per heavy atom. The Morgan fingerprint density at radius 1 is 0.833 bits per heavy atom. The predicted molar refractivity (Wildman–Crippen MR) is 169 cm³/mol. The molecule has 4 aromatic rings. The van der Waals surface area contributed by atoms with Crippen molar-refractivity contribution in [2.45, 2.75) is 37.8 Å². The van der Waals surface area contributed by atoms with E-state index in [-0.39, 0.29) is 23.8 Å². The third kappa shape index (κ3) is 7.66. The second-order valence-electron chi connectivity index (χ2n) is 9.85. The molecule has 0 saturated carbocycles. The van der Waals surface area contributed by atoms with Crippen LogP contribution in [-0.4, -0.2) is 44.3 Å². The third-order valence-electron chi connectivity index (χ3n) is 6.95. The molecule has 0 aliphatic carbocycles. The molecule has 0 heterocycles. The van der Waals surface area contributed by atoms with E-state index < -0.39 is 28.5 Å². The minimum absolute atomic E-state index is 0.0655. The molecule has 0 spiro atoms. The molecule has 1 atom stereocenters. The van der Waals surface area contributed by atoms with Gasteiger partial charge in [0.1, 0.15) is 12.6 Å². The Morgan fingerprint density at radius 2 is 1.43 bits per heavy atom. The number of aryl methyl sites for hydroxylation is 1. The van der Waals surface area contributed by atoms with Crippen molar-refractivity contribution in [3.05, 3.63) is 130 Å². The molecule has 0 aliphatic heterocycles. The molecule has 1 unspecified atom stereocenters. The predicted octanol–water partition coefficient (Wildman–Crippen LogP) is 5.73. The molecule has 0 aliphatic rings. The molecule has 0 radical (unpaired) electrons. The van der Waals surface area contributed by atoms with Crippen LogP contribution in [0.1, 0.15) is 23.6 Å². The fourth-order valence-electron chi connectivity index (χ4n) is 4.67. The van der Waals surface area contributed by atoms with Gasteiger partial charge in [0, 0.05) is 24.0 Å². The van der Waals surface area contributed by atoms with E-state index >= 15 is 0 Å². The molecular formula is C33H34BrN3O4S. The number of nitrogens with zero attached hydrogens (tertiary/aromatic N) is 2. The summed E-state index contributed by atoms with van der Waals surface area (Å²) >= 11 is 3.40. The van der Waals surface area contributed by atoms with Crippen molar-refractivity contribution < 1.29 is 18.0 Å². The van der Waals surface area contributed by atoms with Gasteiger partial charge in [-0.05, 0) is 66.9 Å². The molecule has 0 bridgehead atoms. The first-order valence-corrected chi connectivity index (χ1v) is 15.9. The van der Waals surface area contributed by atoms with Crippen molar-refractivity contribution in [2.75, 3.05) is 17.4 Å². The monoisotopic (exact) mass is 647 g/mol. The van der Waals surface area contributed by atoms with E-state index in [1.54, 1.807) is 42.5 Å². The molecule has 0 aromatic heterocycles. The van der Waals surface area contributed by atoms with E-state index in [9.17, 15) is 18.0 Å². The maximum absolute atomic E-state index is 14.4. The van der Waals surface area contributed by atoms with E-state index in [4.69, 9.17) is 0 Å². The summed E-state index contributed by atoms with van der Waals surface area (Å²) in [5.74, 6) is -0.794. The molecule has 2 amide bonds. The average molecular weight is 649 g/mol. The third-order valence-corrected chi connectivity index (χ3v) is 9.27. The summed E-state index contributed by atoms with van der Waals surface area (Å²) in [6.45, 7) is 3.82. The number of sulfonamides is 1. The highest BCUT2D eigenvalue weighted by molar-refractivity contribution is 9.10. The van der Waals surface area contributed by atoms with Crippen LogP contribution in [0.25, 0.3) is 0 Å². The first-order chi connectivity index (χ1) is 20.2. The van der Waals surface area contributed by atoms with Gasteiger partial charge in [0.25, 0.3) is 10.0 Å². The highest BCUT2D eigenvalue weighted by Crippen LogP contribution is 2.26. The van der Waals surface area contributed by atoms with Gasteiger partial charge in [-0.2, -0.15) is 0 Å². The van der Waals surface area contributed by atoms with Gasteiger partial charge in [0.2, 0.25) is 11.8 Å². The zero-order valence-electron chi connectivity index (χ0n) is 23.6. The van der Waals surface area contributed by atoms with Crippen LogP contribution in [0.5, 0.6) is 0 Å². The Hall–Kier alpha value is -3.95. The van der Waals surface area contributed by atoms with E-state index in [1.807, 2.05) is 68.4 Å². The van der Waals surface area contributed by atoms with Crippen LogP contribution >= 0.6 is 15.9 Å². The van der Waals surface area contributed by atoms with Gasteiger partial charge < -0.3 is 10.2 Å². The van der Waals surface area contributed by atoms with E-state index in [2.05, 4.69) is 21.2 Å². The van der Waals surface area contributed by atoms with Crippen molar-refractivity contribution in [1.29, 1.82) is 0 Å². The molecule has 42 heavy (non-hydrogen) atoms. The highest BCUT2D eigenvalue weighted by Gasteiger charge is 2.34. The minimum Gasteiger partial charge on any atom is -0.355 e. The number of rotatable bonds is 12. The van der Waals surface area contributed by atoms with Gasteiger partial charge in [-0.25, -0.2) is 8.42 Å². The van der Waals surface area contributed by atoms with Crippen LogP contribution in [0, 0.1) is 6.92 Å². The van der Waals surface area contributed by atoms with Crippen molar-refractivity contribution in [1.82, 2.24) is 10.2 Å². The molecule has 4 aromatic carbocycles. The number of hydrogen-bond donors (Lipinski definition) is 1. The van der Waals surface area contributed by atoms with Gasteiger partial charge in [-0.15, -0.1) is 0 Å². The van der Waals surface area contributed by atoms with E-state index in [0.29, 0.717) is 12.2 Å². The highest BCUT2D eigenvalue weighted by atomic mass is 79.9. The first kappa shape index (κ1) is 31.0. The Bertz CT molecular complexity index is 1600. The normalized spacial score (nSPS) is 11.9. The summed E-state index contributed by atoms with van der Waals surface area (Å²) < 4.78 is 29.8. The smallest absolute Gasteiger partial charge is 0.264 e. The van der Waals surface area contributed by atoms with Crippen molar-refractivity contribution >= 4 is 43.5 Å². The SMILES string of the molecule is CCNC(=O)C(Cc1ccccc1)N(Cc1ccccc1C)C(=O)CN(c1ccc(Br)cc1)S(=O)(=O)c1ccccc1. The molecule has 4 rings (SSSR count). The fraction of sp³-hybridized carbons (Fsp3) is 0.212. The lowest BCUT2D eigenvalue weighted by Crippen LogP contribution is -2.53. The zero-order valence-corrected chi connectivity index (χ0v) is 26.0. The topological polar surface area (TPSA) is 86.8 Å². The van der Waals surface area contributed by atoms with Crippen molar-refractivity contribution in [2.24, 2.45) is 0 Å². The van der Waals surface area contributed by atoms with Gasteiger partial charge in [-0.3, -0.25) is 13.9 Å². The van der Waals surface area contributed by atoms with E-state index in [1.165, 1.54) is 17.0 Å². The number of anilines is 1. The Kier molecular flexibility index (Phi) is 10.5. The number of amides is 2. The van der Waals surface area contributed by atoms with Crippen LogP contribution in [-0.2, 0) is 32.6 Å². The summed E-state index contributed by atoms with van der Waals surface area (Å²) in [4.78, 5) is 29.5. The number of likely N-dealkylation sites (N-methyl/N-ethyl adjacent to an activating group) is 1. The molecule has 218 valence electrons. The Balaban J connectivity index is 1.79. The molecule has 1 N–H and O–H groups in total. The molecule has 0 fully saturated rings. The quantitative estimate of drug-likeness (QED) is 0.213. The molecule has 9 heteroatoms. The summed E-state index contributed by atoms with van der Waals surface area (Å²) in [5.41, 5.74) is 3.06. The summed E-state index contributed by atoms with van der Waals surface area (Å²) in [7, 11) is -4.12. The van der Waals surface area contributed by atoms with Crippen molar-refractivity contribution in [3.8, 4) is 0 Å². The van der Waals surface area contributed by atoms with Crippen LogP contribution in [0.3, 0.4) is 0 Å². The summed E-state index contributed by atoms with van der Waals surface area (Å²) in [6, 6.07) is 31.1. The first-order valence-electron chi connectivity index (χ1n) is 13.7. The van der Waals surface area contributed by atoms with Gasteiger partial charge >= 0.3 is 0 Å². The molecule has 0 saturated heterocycles. The fourth-order valence-corrected chi connectivity index (χ4v) is 6.37. The number of benzene rings is 4. The molecular weight excluding hydrogens is 614 g/mol. The molecule has 7 nitrogen and oxygen atoms in total. The second kappa shape index (κ2) is 14.3. The largest absolute Gasteiger partial charge is 0.355 e. The average Bonchev–Trinajstić information content (AvgIpc) is 3.00. The minimum atomic E-state index is -4.12. The number of carbonyl (C=O) groups is 2.